The Balaban J connectivity index is 2.66. The van der Waals surface area contributed by atoms with Crippen molar-refractivity contribution in [1.82, 2.24) is 4.90 Å². The minimum Gasteiger partial charge on any atom is -0.375 e. The van der Waals surface area contributed by atoms with Crippen molar-refractivity contribution >= 4 is 0 Å². The smallest absolute Gasteiger partial charge is 0.156 e. The van der Waals surface area contributed by atoms with Crippen LogP contribution in [0.4, 0.5) is 0 Å². The normalized spacial score (nSPS) is 40.0. The Morgan fingerprint density at radius 2 is 2.36 bits per heavy atom. The Morgan fingerprint density at radius 1 is 1.73 bits per heavy atom. The van der Waals surface area contributed by atoms with Crippen LogP contribution in [0.25, 0.3) is 0 Å². The summed E-state index contributed by atoms with van der Waals surface area (Å²) in [6, 6.07) is 1.98. The first-order chi connectivity index (χ1) is 5.08. The monoisotopic (exact) mass is 154 g/mol. The Morgan fingerprint density at radius 3 is 2.82 bits per heavy atom. The molecule has 1 aliphatic heterocycles. The number of piperidine rings is 1. The van der Waals surface area contributed by atoms with Gasteiger partial charge < -0.3 is 10.0 Å². The van der Waals surface area contributed by atoms with Crippen molar-refractivity contribution < 1.29 is 5.11 Å². The predicted octanol–water partition coefficient (Wildman–Crippen LogP) is 0.213. The minimum absolute atomic E-state index is 0.0613. The molecule has 62 valence electrons. The summed E-state index contributed by atoms with van der Waals surface area (Å²) in [4.78, 5) is 2.14. The van der Waals surface area contributed by atoms with E-state index < -0.39 is 5.60 Å². The van der Waals surface area contributed by atoms with E-state index in [1.807, 2.05) is 20.0 Å². The van der Waals surface area contributed by atoms with Gasteiger partial charge in [-0.05, 0) is 7.05 Å². The molecule has 0 unspecified atom stereocenters. The second-order valence-electron chi connectivity index (χ2n) is 3.45. The standard InChI is InChI=1S/C8H14N2O/c1-7-5-10(2)4-3-8(7,11)6-9/h7,11H,3-5H2,1-2H3/t7-,8+/m1/s1. The summed E-state index contributed by atoms with van der Waals surface area (Å²) >= 11 is 0. The quantitative estimate of drug-likeness (QED) is 0.507. The Kier molecular flexibility index (Phi) is 2.17. The van der Waals surface area contributed by atoms with Gasteiger partial charge in [-0.1, -0.05) is 6.92 Å². The summed E-state index contributed by atoms with van der Waals surface area (Å²) < 4.78 is 0. The van der Waals surface area contributed by atoms with Crippen LogP contribution in [0.15, 0.2) is 0 Å². The summed E-state index contributed by atoms with van der Waals surface area (Å²) in [6.45, 7) is 3.54. The van der Waals surface area contributed by atoms with Crippen LogP contribution >= 0.6 is 0 Å². The van der Waals surface area contributed by atoms with E-state index in [0.29, 0.717) is 6.42 Å². The maximum Gasteiger partial charge on any atom is 0.156 e. The number of likely N-dealkylation sites (tertiary alicyclic amines) is 1. The molecular formula is C8H14N2O. The first kappa shape index (κ1) is 8.51. The third-order valence-corrected chi connectivity index (χ3v) is 2.47. The summed E-state index contributed by atoms with van der Waals surface area (Å²) in [5.74, 6) is 0.0613. The largest absolute Gasteiger partial charge is 0.375 e. The van der Waals surface area contributed by atoms with E-state index in [-0.39, 0.29) is 5.92 Å². The average molecular weight is 154 g/mol. The summed E-state index contributed by atoms with van der Waals surface area (Å²) in [5, 5.41) is 18.4. The van der Waals surface area contributed by atoms with Crippen molar-refractivity contribution in [2.75, 3.05) is 20.1 Å². The van der Waals surface area contributed by atoms with Crippen molar-refractivity contribution in [2.45, 2.75) is 18.9 Å². The SMILES string of the molecule is C[C@@H]1CN(C)CC[C@]1(O)C#N. The molecule has 1 aliphatic rings. The fourth-order valence-electron chi connectivity index (χ4n) is 1.48. The zero-order valence-electron chi connectivity index (χ0n) is 7.04. The molecular weight excluding hydrogens is 140 g/mol. The van der Waals surface area contributed by atoms with Gasteiger partial charge in [0.2, 0.25) is 0 Å². The van der Waals surface area contributed by atoms with Crippen molar-refractivity contribution in [3.05, 3.63) is 0 Å². The van der Waals surface area contributed by atoms with Crippen LogP contribution < -0.4 is 0 Å². The molecule has 3 nitrogen and oxygen atoms in total. The fraction of sp³-hybridized carbons (Fsp3) is 0.875. The van der Waals surface area contributed by atoms with Gasteiger partial charge in [0.25, 0.3) is 0 Å². The summed E-state index contributed by atoms with van der Waals surface area (Å²) in [5.41, 5.74) is -1.08. The molecule has 0 aromatic heterocycles. The van der Waals surface area contributed by atoms with Crippen molar-refractivity contribution in [1.29, 1.82) is 5.26 Å². The molecule has 0 saturated carbocycles. The number of nitriles is 1. The molecule has 1 heterocycles. The minimum atomic E-state index is -1.08. The number of aliphatic hydroxyl groups is 1. The topological polar surface area (TPSA) is 47.3 Å². The lowest BCUT2D eigenvalue weighted by molar-refractivity contribution is -0.0141. The first-order valence-corrected chi connectivity index (χ1v) is 3.90. The molecule has 1 saturated heterocycles. The van der Waals surface area contributed by atoms with Gasteiger partial charge in [0, 0.05) is 25.4 Å². The van der Waals surface area contributed by atoms with Crippen molar-refractivity contribution in [3.63, 3.8) is 0 Å². The number of rotatable bonds is 0. The van der Waals surface area contributed by atoms with Gasteiger partial charge >= 0.3 is 0 Å². The molecule has 1 rings (SSSR count). The fourth-order valence-corrected chi connectivity index (χ4v) is 1.48. The van der Waals surface area contributed by atoms with Gasteiger partial charge in [0.15, 0.2) is 5.60 Å². The van der Waals surface area contributed by atoms with Crippen molar-refractivity contribution in [2.24, 2.45) is 5.92 Å². The zero-order chi connectivity index (χ0) is 8.48. The molecule has 0 aliphatic carbocycles. The second-order valence-corrected chi connectivity index (χ2v) is 3.45. The van der Waals surface area contributed by atoms with Crippen LogP contribution in [-0.2, 0) is 0 Å². The van der Waals surface area contributed by atoms with Gasteiger partial charge in [-0.15, -0.1) is 0 Å². The van der Waals surface area contributed by atoms with E-state index >= 15 is 0 Å². The number of nitrogens with zero attached hydrogens (tertiary/aromatic N) is 2. The maximum atomic E-state index is 9.68. The third-order valence-electron chi connectivity index (χ3n) is 2.47. The van der Waals surface area contributed by atoms with Crippen LogP contribution in [0.5, 0.6) is 0 Å². The van der Waals surface area contributed by atoms with Crippen LogP contribution in [0.2, 0.25) is 0 Å². The van der Waals surface area contributed by atoms with E-state index in [0.717, 1.165) is 13.1 Å². The van der Waals surface area contributed by atoms with Gasteiger partial charge in [0.05, 0.1) is 6.07 Å². The molecule has 3 heteroatoms. The van der Waals surface area contributed by atoms with E-state index in [2.05, 4.69) is 4.90 Å². The molecule has 0 radical (unpaired) electrons. The lowest BCUT2D eigenvalue weighted by Gasteiger charge is -2.37. The molecule has 0 aromatic carbocycles. The van der Waals surface area contributed by atoms with Gasteiger partial charge in [-0.3, -0.25) is 0 Å². The highest BCUT2D eigenvalue weighted by molar-refractivity contribution is 5.06. The molecule has 0 aromatic rings. The molecule has 2 atom stereocenters. The van der Waals surface area contributed by atoms with Crippen LogP contribution in [0, 0.1) is 17.2 Å². The Hall–Kier alpha value is -0.590. The maximum absolute atomic E-state index is 9.68. The highest BCUT2D eigenvalue weighted by Gasteiger charge is 2.37. The second kappa shape index (κ2) is 2.80. The lowest BCUT2D eigenvalue weighted by Crippen LogP contribution is -2.48. The van der Waals surface area contributed by atoms with Gasteiger partial charge in [-0.25, -0.2) is 0 Å². The van der Waals surface area contributed by atoms with Crippen LogP contribution in [0.1, 0.15) is 13.3 Å². The van der Waals surface area contributed by atoms with Crippen LogP contribution in [0.3, 0.4) is 0 Å². The third kappa shape index (κ3) is 1.52. The summed E-state index contributed by atoms with van der Waals surface area (Å²) in [6.07, 6.45) is 0.571. The van der Waals surface area contributed by atoms with E-state index in [4.69, 9.17) is 5.26 Å². The molecule has 0 spiro atoms. The average Bonchev–Trinajstić information content (AvgIpc) is 1.98. The van der Waals surface area contributed by atoms with E-state index in [1.54, 1.807) is 0 Å². The molecule has 0 bridgehead atoms. The molecule has 11 heavy (non-hydrogen) atoms. The van der Waals surface area contributed by atoms with E-state index in [1.165, 1.54) is 0 Å². The van der Waals surface area contributed by atoms with Crippen LogP contribution in [-0.4, -0.2) is 35.7 Å². The number of hydrogen-bond acceptors (Lipinski definition) is 3. The molecule has 1 N–H and O–H groups in total. The van der Waals surface area contributed by atoms with E-state index in [9.17, 15) is 5.11 Å². The highest BCUT2D eigenvalue weighted by atomic mass is 16.3. The predicted molar refractivity (Wildman–Crippen MR) is 41.8 cm³/mol. The van der Waals surface area contributed by atoms with Gasteiger partial charge in [-0.2, -0.15) is 5.26 Å². The Labute approximate surface area is 67.2 Å². The zero-order valence-corrected chi connectivity index (χ0v) is 7.04. The lowest BCUT2D eigenvalue weighted by atomic mass is 9.84. The Bertz CT molecular complexity index is 187. The summed E-state index contributed by atoms with van der Waals surface area (Å²) in [7, 11) is 2.01. The molecule has 0 amide bonds. The first-order valence-electron chi connectivity index (χ1n) is 3.90. The van der Waals surface area contributed by atoms with Gasteiger partial charge in [0.1, 0.15) is 0 Å². The van der Waals surface area contributed by atoms with Crippen molar-refractivity contribution in [3.8, 4) is 6.07 Å². The molecule has 1 fully saturated rings. The highest BCUT2D eigenvalue weighted by Crippen LogP contribution is 2.25. The number of hydrogen-bond donors (Lipinski definition) is 1.